The number of carbonyl (C=O) groups excluding carboxylic acids is 1. The quantitative estimate of drug-likeness (QED) is 0.204. The number of hydrogen-bond acceptors (Lipinski definition) is 9. The molecule has 4 aliphatic rings. The van der Waals surface area contributed by atoms with Gasteiger partial charge in [-0.25, -0.2) is 9.78 Å². The number of carbonyl (C=O) groups is 1. The van der Waals surface area contributed by atoms with Crippen LogP contribution >= 0.6 is 0 Å². The van der Waals surface area contributed by atoms with Crippen LogP contribution in [0.4, 0.5) is 0 Å². The predicted octanol–water partition coefficient (Wildman–Crippen LogP) is 4.26. The molecule has 0 amide bonds. The normalized spacial score (nSPS) is 44.4. The van der Waals surface area contributed by atoms with Crippen LogP contribution in [-0.4, -0.2) is 81.3 Å². The van der Waals surface area contributed by atoms with Crippen LogP contribution in [0.5, 0.6) is 0 Å². The number of hydrogen-bond donors (Lipinski definition) is 4. The summed E-state index contributed by atoms with van der Waals surface area (Å²) in [4.78, 5) is 26.0. The molecule has 11 atom stereocenters. The Morgan fingerprint density at radius 1 is 1.05 bits per heavy atom. The maximum atomic E-state index is 13.9. The Bertz CT molecular complexity index is 1180. The zero-order valence-electron chi connectivity index (χ0n) is 27.2. The summed E-state index contributed by atoms with van der Waals surface area (Å²) < 4.78 is 12.0. The van der Waals surface area contributed by atoms with E-state index in [4.69, 9.17) is 19.2 Å². The van der Waals surface area contributed by atoms with E-state index in [1.165, 1.54) is 0 Å². The minimum atomic E-state index is -1.81. The van der Waals surface area contributed by atoms with Crippen molar-refractivity contribution in [2.24, 2.45) is 23.7 Å². The van der Waals surface area contributed by atoms with Gasteiger partial charge in [0.05, 0.1) is 24.9 Å². The Balaban J connectivity index is 1.73. The van der Waals surface area contributed by atoms with Gasteiger partial charge in [0, 0.05) is 18.3 Å². The summed E-state index contributed by atoms with van der Waals surface area (Å²) in [6, 6.07) is 0. The number of esters is 1. The van der Waals surface area contributed by atoms with Crippen LogP contribution in [-0.2, 0) is 24.0 Å². The van der Waals surface area contributed by atoms with Crippen LogP contribution in [0.1, 0.15) is 74.1 Å². The Morgan fingerprint density at radius 2 is 1.77 bits per heavy atom. The third kappa shape index (κ3) is 7.47. The lowest BCUT2D eigenvalue weighted by molar-refractivity contribution is -0.357. The van der Waals surface area contributed by atoms with Crippen molar-refractivity contribution in [2.75, 3.05) is 6.61 Å². The zero-order chi connectivity index (χ0) is 32.3. The van der Waals surface area contributed by atoms with E-state index in [0.717, 1.165) is 11.1 Å². The number of fused-ring (bicyclic) bond motifs is 2. The van der Waals surface area contributed by atoms with Gasteiger partial charge < -0.3 is 29.9 Å². The fourth-order valence-corrected chi connectivity index (χ4v) is 6.86. The highest BCUT2D eigenvalue weighted by Crippen LogP contribution is 2.45. The highest BCUT2D eigenvalue weighted by Gasteiger charge is 2.59. The summed E-state index contributed by atoms with van der Waals surface area (Å²) >= 11 is 0. The molecule has 0 aromatic carbocycles. The first-order chi connectivity index (χ1) is 20.7. The largest absolute Gasteiger partial charge is 0.462 e. The standard InChI is InChI=1S/C35H52O9/c1-19(2)15-23(6)32-24(7)29(36)14-13-26-17-27(43-44-32)12-11-21(4)30(37)20(3)9-8-10-25-18-41-33-31(38)22(5)16-28(34(39)42-26)35(25,33)40/h8-11,15-16,19-20,24,26-33,36-38,40H,12-14,17-18H2,1-7H3/b9-8+,21-11+,23-15+,25-10+/t20-,24-,26+,27+,28-,29-,30-,31+,32?,33+,35+/m0/s1. The van der Waals surface area contributed by atoms with E-state index < -0.39 is 60.2 Å². The summed E-state index contributed by atoms with van der Waals surface area (Å²) in [6.45, 7) is 13.6. The molecule has 4 N–H and O–H groups in total. The third-order valence-corrected chi connectivity index (χ3v) is 9.67. The molecule has 0 aromatic heterocycles. The lowest BCUT2D eigenvalue weighted by Crippen LogP contribution is -2.57. The van der Waals surface area contributed by atoms with Crippen molar-refractivity contribution < 1.29 is 44.5 Å². The van der Waals surface area contributed by atoms with Crippen LogP contribution in [0.25, 0.3) is 0 Å². The molecule has 2 saturated heterocycles. The van der Waals surface area contributed by atoms with E-state index in [0.29, 0.717) is 36.3 Å². The second kappa shape index (κ2) is 14.5. The molecule has 1 unspecified atom stereocenters. The summed E-state index contributed by atoms with van der Waals surface area (Å²) in [5, 5.41) is 45.2. The summed E-state index contributed by atoms with van der Waals surface area (Å²) in [7, 11) is 0. The molecule has 9 nitrogen and oxygen atoms in total. The van der Waals surface area contributed by atoms with Crippen molar-refractivity contribution in [3.8, 4) is 0 Å². The molecule has 3 heterocycles. The van der Waals surface area contributed by atoms with E-state index in [9.17, 15) is 25.2 Å². The fourth-order valence-electron chi connectivity index (χ4n) is 6.86. The molecule has 1 aliphatic carbocycles. The smallest absolute Gasteiger partial charge is 0.316 e. The molecular weight excluding hydrogens is 564 g/mol. The molecular formula is C35H52O9. The molecule has 0 aromatic rings. The van der Waals surface area contributed by atoms with Crippen LogP contribution in [0.2, 0.25) is 0 Å². The molecule has 246 valence electrons. The Hall–Kier alpha value is -2.11. The van der Waals surface area contributed by atoms with E-state index in [2.05, 4.69) is 19.9 Å². The van der Waals surface area contributed by atoms with Crippen molar-refractivity contribution in [2.45, 2.75) is 122 Å². The number of ether oxygens (including phenoxy) is 2. The third-order valence-electron chi connectivity index (χ3n) is 9.67. The average Bonchev–Trinajstić information content (AvgIpc) is 3.30. The summed E-state index contributed by atoms with van der Waals surface area (Å²) in [6.07, 6.45) is 7.08. The first-order valence-electron chi connectivity index (χ1n) is 16.1. The Morgan fingerprint density at radius 3 is 2.48 bits per heavy atom. The van der Waals surface area contributed by atoms with Crippen molar-refractivity contribution in [3.63, 3.8) is 0 Å². The van der Waals surface area contributed by atoms with Crippen LogP contribution < -0.4 is 0 Å². The van der Waals surface area contributed by atoms with Gasteiger partial charge in [0.25, 0.3) is 0 Å². The van der Waals surface area contributed by atoms with Crippen molar-refractivity contribution >= 4 is 5.97 Å². The minimum absolute atomic E-state index is 0.0376. The monoisotopic (exact) mass is 616 g/mol. The number of aliphatic hydroxyl groups is 4. The molecule has 3 aliphatic heterocycles. The Kier molecular flexibility index (Phi) is 11.5. The van der Waals surface area contributed by atoms with Gasteiger partial charge in [0.1, 0.15) is 35.9 Å². The Labute approximate surface area is 261 Å². The minimum Gasteiger partial charge on any atom is -0.462 e. The van der Waals surface area contributed by atoms with Crippen LogP contribution in [0.15, 0.2) is 58.7 Å². The molecule has 44 heavy (non-hydrogen) atoms. The van der Waals surface area contributed by atoms with Crippen molar-refractivity contribution in [1.82, 2.24) is 0 Å². The second-order valence-corrected chi connectivity index (χ2v) is 13.6. The highest BCUT2D eigenvalue weighted by atomic mass is 17.2. The van der Waals surface area contributed by atoms with E-state index >= 15 is 0 Å². The molecule has 0 radical (unpaired) electrons. The zero-order valence-corrected chi connectivity index (χ0v) is 27.2. The van der Waals surface area contributed by atoms with Gasteiger partial charge in [0.2, 0.25) is 0 Å². The molecule has 4 rings (SSSR count). The van der Waals surface area contributed by atoms with Crippen LogP contribution in [0, 0.1) is 23.7 Å². The number of rotatable bonds is 2. The number of aliphatic hydroxyl groups excluding tert-OH is 3. The first-order valence-corrected chi connectivity index (χ1v) is 16.1. The van der Waals surface area contributed by atoms with Gasteiger partial charge in [-0.2, -0.15) is 0 Å². The molecule has 9 heteroatoms. The van der Waals surface area contributed by atoms with Gasteiger partial charge in [-0.15, -0.1) is 0 Å². The first kappa shape index (κ1) is 34.8. The number of allylic oxidation sites excluding steroid dienone is 3. The average molecular weight is 617 g/mol. The molecule has 0 saturated carbocycles. The van der Waals surface area contributed by atoms with E-state index in [-0.39, 0.29) is 24.9 Å². The van der Waals surface area contributed by atoms with E-state index in [1.54, 1.807) is 25.2 Å². The van der Waals surface area contributed by atoms with Crippen molar-refractivity contribution in [1.29, 1.82) is 0 Å². The predicted molar refractivity (Wildman–Crippen MR) is 166 cm³/mol. The van der Waals surface area contributed by atoms with Gasteiger partial charge in [-0.3, -0.25) is 4.79 Å². The molecule has 0 spiro atoms. The maximum absolute atomic E-state index is 13.9. The van der Waals surface area contributed by atoms with Gasteiger partial charge >= 0.3 is 5.97 Å². The lowest BCUT2D eigenvalue weighted by Gasteiger charge is -2.41. The molecule has 2 bridgehead atoms. The van der Waals surface area contributed by atoms with Gasteiger partial charge in [0.15, 0.2) is 0 Å². The molecule has 2 fully saturated rings. The fraction of sp³-hybridized carbons (Fsp3) is 0.686. The van der Waals surface area contributed by atoms with Gasteiger partial charge in [-0.05, 0) is 68.2 Å². The van der Waals surface area contributed by atoms with E-state index in [1.807, 2.05) is 39.8 Å². The SMILES string of the molecule is CC1=C[C@H]2C(=O)O[C@@H]3CC[C@H](O)[C@H](C)C(/C(C)=C/C(C)C)OO[C@H](C/C=C(\C)[C@@H](O)[C@@H](C)/C=C/C=C4\CO[C@H]([C@@H]1O)[C@@]42O)C3. The highest BCUT2D eigenvalue weighted by molar-refractivity contribution is 5.78. The lowest BCUT2D eigenvalue weighted by atomic mass is 9.71. The second-order valence-electron chi connectivity index (χ2n) is 13.6. The summed E-state index contributed by atoms with van der Waals surface area (Å²) in [5.41, 5.74) is 0.895. The summed E-state index contributed by atoms with van der Waals surface area (Å²) in [5.74, 6) is -1.99. The maximum Gasteiger partial charge on any atom is 0.316 e. The van der Waals surface area contributed by atoms with Gasteiger partial charge in [-0.1, -0.05) is 64.2 Å². The van der Waals surface area contributed by atoms with Crippen molar-refractivity contribution in [3.05, 3.63) is 58.7 Å². The van der Waals surface area contributed by atoms with Crippen LogP contribution in [0.3, 0.4) is 0 Å². The topological polar surface area (TPSA) is 135 Å².